The Morgan fingerprint density at radius 2 is 2.10 bits per heavy atom. The van der Waals surface area contributed by atoms with E-state index in [0.717, 1.165) is 10.6 Å². The summed E-state index contributed by atoms with van der Waals surface area (Å²) in [5.41, 5.74) is -0.332. The molecule has 21 heavy (non-hydrogen) atoms. The third-order valence-corrected chi connectivity index (χ3v) is 2.96. The molecule has 0 amide bonds. The second-order valence-corrected chi connectivity index (χ2v) is 5.24. The molecule has 0 bridgehead atoms. The molecule has 0 aliphatic rings. The summed E-state index contributed by atoms with van der Waals surface area (Å²) >= 11 is 0. The van der Waals surface area contributed by atoms with Gasteiger partial charge in [-0.15, -0.1) is 0 Å². The molecule has 1 atom stereocenters. The van der Waals surface area contributed by atoms with Crippen molar-refractivity contribution in [2.45, 2.75) is 39.8 Å². The molecule has 0 aromatic carbocycles. The highest BCUT2D eigenvalue weighted by atomic mass is 19.1. The number of carbonyl (C=O) groups is 1. The zero-order chi connectivity index (χ0) is 16.0. The predicted octanol–water partition coefficient (Wildman–Crippen LogP) is 2.28. The fourth-order valence-corrected chi connectivity index (χ4v) is 2.11. The normalized spacial score (nSPS) is 12.5. The average molecular weight is 299 g/mol. The molecule has 1 rings (SSSR count). The highest BCUT2D eigenvalue weighted by molar-refractivity contribution is 5.74. The minimum atomic E-state index is -0.900. The van der Waals surface area contributed by atoms with Gasteiger partial charge in [0.25, 0.3) is 5.56 Å². The van der Waals surface area contributed by atoms with Crippen molar-refractivity contribution in [1.82, 2.24) is 4.57 Å². The zero-order valence-electron chi connectivity index (χ0n) is 12.9. The molecular weight excluding hydrogens is 277 g/mol. The third kappa shape index (κ3) is 4.67. The van der Waals surface area contributed by atoms with Gasteiger partial charge < -0.3 is 9.47 Å². The first-order valence-corrected chi connectivity index (χ1v) is 6.96. The number of rotatable bonds is 7. The maximum Gasteiger partial charge on any atom is 0.329 e. The lowest BCUT2D eigenvalue weighted by atomic mass is 10.0. The molecule has 1 unspecified atom stereocenters. The third-order valence-electron chi connectivity index (χ3n) is 2.96. The number of halogens is 1. The van der Waals surface area contributed by atoms with Crippen LogP contribution in [0, 0.1) is 11.7 Å². The van der Waals surface area contributed by atoms with E-state index in [1.165, 1.54) is 13.3 Å². The van der Waals surface area contributed by atoms with Gasteiger partial charge in [0.2, 0.25) is 0 Å². The summed E-state index contributed by atoms with van der Waals surface area (Å²) in [6, 6.07) is 0.295. The van der Waals surface area contributed by atoms with E-state index in [2.05, 4.69) is 0 Å². The van der Waals surface area contributed by atoms with Crippen LogP contribution in [-0.2, 0) is 20.9 Å². The molecule has 6 heteroatoms. The molecule has 0 saturated carbocycles. The van der Waals surface area contributed by atoms with Crippen molar-refractivity contribution in [3.8, 4) is 0 Å². The summed E-state index contributed by atoms with van der Waals surface area (Å²) in [5.74, 6) is -1.27. The Bertz CT molecular complexity index is 539. The van der Waals surface area contributed by atoms with Crippen molar-refractivity contribution >= 4 is 5.97 Å². The molecule has 118 valence electrons. The van der Waals surface area contributed by atoms with E-state index in [-0.39, 0.29) is 19.1 Å². The van der Waals surface area contributed by atoms with Crippen molar-refractivity contribution < 1.29 is 18.7 Å². The van der Waals surface area contributed by atoms with E-state index in [4.69, 9.17) is 9.47 Å². The lowest BCUT2D eigenvalue weighted by Gasteiger charge is -2.21. The lowest BCUT2D eigenvalue weighted by molar-refractivity contribution is -0.147. The van der Waals surface area contributed by atoms with E-state index in [1.54, 1.807) is 6.92 Å². The van der Waals surface area contributed by atoms with Gasteiger partial charge in [0.05, 0.1) is 13.2 Å². The Labute approximate surface area is 123 Å². The molecule has 5 nitrogen and oxygen atoms in total. The van der Waals surface area contributed by atoms with Crippen molar-refractivity contribution in [1.29, 1.82) is 0 Å². The first-order valence-electron chi connectivity index (χ1n) is 6.96. The van der Waals surface area contributed by atoms with Crippen LogP contribution in [0.3, 0.4) is 0 Å². The number of carbonyl (C=O) groups excluding carboxylic acids is 1. The molecule has 0 aliphatic carbocycles. The van der Waals surface area contributed by atoms with Gasteiger partial charge in [-0.2, -0.15) is 0 Å². The van der Waals surface area contributed by atoms with E-state index in [9.17, 15) is 14.0 Å². The van der Waals surface area contributed by atoms with Crippen LogP contribution in [-0.4, -0.2) is 24.3 Å². The highest BCUT2D eigenvalue weighted by Crippen LogP contribution is 2.19. The molecule has 1 aromatic rings. The Morgan fingerprint density at radius 1 is 1.43 bits per heavy atom. The van der Waals surface area contributed by atoms with E-state index >= 15 is 0 Å². The number of nitrogens with zero attached hydrogens (tertiary/aromatic N) is 1. The Kier molecular flexibility index (Phi) is 6.55. The van der Waals surface area contributed by atoms with Crippen molar-refractivity contribution in [3.05, 3.63) is 34.0 Å². The molecule has 0 spiro atoms. The van der Waals surface area contributed by atoms with E-state index in [0.29, 0.717) is 12.0 Å². The number of aromatic nitrogens is 1. The summed E-state index contributed by atoms with van der Waals surface area (Å²) in [6.45, 7) is 5.91. The second kappa shape index (κ2) is 7.93. The van der Waals surface area contributed by atoms with Gasteiger partial charge >= 0.3 is 5.97 Å². The quantitative estimate of drug-likeness (QED) is 0.725. The molecule has 1 heterocycles. The summed E-state index contributed by atoms with van der Waals surface area (Å²) < 4.78 is 24.8. The molecule has 0 saturated heterocycles. The van der Waals surface area contributed by atoms with Crippen LogP contribution < -0.4 is 5.56 Å². The standard InChI is InChI=1S/C15H22FNO4/c1-5-21-15(19)13(6-10(2)3)17-8-11(9-20-4)7-12(16)14(17)18/h7-8,10,13H,5-6,9H2,1-4H3. The summed E-state index contributed by atoms with van der Waals surface area (Å²) in [4.78, 5) is 24.1. The van der Waals surface area contributed by atoms with Gasteiger partial charge in [0.1, 0.15) is 6.04 Å². The van der Waals surface area contributed by atoms with Gasteiger partial charge in [-0.3, -0.25) is 9.36 Å². The molecule has 0 N–H and O–H groups in total. The predicted molar refractivity (Wildman–Crippen MR) is 76.5 cm³/mol. The largest absolute Gasteiger partial charge is 0.464 e. The Hall–Kier alpha value is -1.69. The summed E-state index contributed by atoms with van der Waals surface area (Å²) in [5, 5.41) is 0. The maximum atomic E-state index is 13.8. The Balaban J connectivity index is 3.28. The maximum absolute atomic E-state index is 13.8. The minimum Gasteiger partial charge on any atom is -0.464 e. The minimum absolute atomic E-state index is 0.153. The fraction of sp³-hybridized carbons (Fsp3) is 0.600. The van der Waals surface area contributed by atoms with Crippen molar-refractivity contribution in [2.24, 2.45) is 5.92 Å². The number of hydrogen-bond acceptors (Lipinski definition) is 4. The average Bonchev–Trinajstić information content (AvgIpc) is 2.40. The first kappa shape index (κ1) is 17.4. The van der Waals surface area contributed by atoms with E-state index in [1.807, 2.05) is 13.8 Å². The summed E-state index contributed by atoms with van der Waals surface area (Å²) in [6.07, 6.45) is 1.85. The van der Waals surface area contributed by atoms with Crippen LogP contribution in [0.25, 0.3) is 0 Å². The van der Waals surface area contributed by atoms with Crippen LogP contribution in [0.15, 0.2) is 17.1 Å². The highest BCUT2D eigenvalue weighted by Gasteiger charge is 2.25. The molecule has 0 aliphatic heterocycles. The summed E-state index contributed by atoms with van der Waals surface area (Å²) in [7, 11) is 1.48. The van der Waals surface area contributed by atoms with Gasteiger partial charge in [0, 0.05) is 13.3 Å². The number of esters is 1. The van der Waals surface area contributed by atoms with Gasteiger partial charge in [-0.1, -0.05) is 13.8 Å². The van der Waals surface area contributed by atoms with Gasteiger partial charge in [-0.05, 0) is 30.9 Å². The topological polar surface area (TPSA) is 57.5 Å². The molecule has 0 fully saturated rings. The molecular formula is C15H22FNO4. The van der Waals surface area contributed by atoms with Gasteiger partial charge in [-0.25, -0.2) is 9.18 Å². The van der Waals surface area contributed by atoms with Crippen molar-refractivity contribution in [2.75, 3.05) is 13.7 Å². The second-order valence-electron chi connectivity index (χ2n) is 5.24. The van der Waals surface area contributed by atoms with Crippen LogP contribution in [0.1, 0.15) is 38.8 Å². The van der Waals surface area contributed by atoms with Crippen molar-refractivity contribution in [3.63, 3.8) is 0 Å². The van der Waals surface area contributed by atoms with Crippen LogP contribution in [0.4, 0.5) is 4.39 Å². The monoisotopic (exact) mass is 299 g/mol. The zero-order valence-corrected chi connectivity index (χ0v) is 12.9. The van der Waals surface area contributed by atoms with Gasteiger partial charge in [0.15, 0.2) is 5.82 Å². The smallest absolute Gasteiger partial charge is 0.329 e. The molecule has 1 aromatic heterocycles. The number of hydrogen-bond donors (Lipinski definition) is 0. The SMILES string of the molecule is CCOC(=O)C(CC(C)C)n1cc(COC)cc(F)c1=O. The van der Waals surface area contributed by atoms with Crippen LogP contribution in [0.5, 0.6) is 0 Å². The van der Waals surface area contributed by atoms with Crippen LogP contribution in [0.2, 0.25) is 0 Å². The number of methoxy groups -OCH3 is 1. The van der Waals surface area contributed by atoms with Crippen LogP contribution >= 0.6 is 0 Å². The van der Waals surface area contributed by atoms with E-state index < -0.39 is 23.4 Å². The number of pyridine rings is 1. The molecule has 0 radical (unpaired) electrons. The first-order chi connectivity index (χ1) is 9.90. The number of ether oxygens (including phenoxy) is 2. The Morgan fingerprint density at radius 3 is 2.62 bits per heavy atom. The lowest BCUT2D eigenvalue weighted by Crippen LogP contribution is -2.33. The fourth-order valence-electron chi connectivity index (χ4n) is 2.11.